The lowest BCUT2D eigenvalue weighted by Crippen LogP contribution is -2.44. The number of aromatic nitrogens is 1. The first kappa shape index (κ1) is 14.5. The summed E-state index contributed by atoms with van der Waals surface area (Å²) in [7, 11) is 0. The van der Waals surface area contributed by atoms with Crippen molar-refractivity contribution in [1.29, 1.82) is 0 Å². The highest BCUT2D eigenvalue weighted by molar-refractivity contribution is 7.13. The van der Waals surface area contributed by atoms with Crippen LogP contribution in [-0.4, -0.2) is 39.0 Å². The molecule has 1 unspecified atom stereocenters. The number of carbonyl (C=O) groups excluding carboxylic acids is 1. The Morgan fingerprint density at radius 1 is 1.38 bits per heavy atom. The minimum absolute atomic E-state index is 0.0805. The molecule has 114 valence electrons. The summed E-state index contributed by atoms with van der Waals surface area (Å²) in [5, 5.41) is 10.2. The fourth-order valence-corrected chi connectivity index (χ4v) is 3.68. The number of nitrogens with zero attached hydrogens (tertiary/aromatic N) is 2. The van der Waals surface area contributed by atoms with Crippen molar-refractivity contribution in [2.45, 2.75) is 58.0 Å². The summed E-state index contributed by atoms with van der Waals surface area (Å²) >= 11 is 1.44. The molecular weight excluding hydrogens is 288 g/mol. The molecule has 3 rings (SSSR count). The van der Waals surface area contributed by atoms with E-state index in [0.29, 0.717) is 4.88 Å². The van der Waals surface area contributed by atoms with Gasteiger partial charge in [-0.2, -0.15) is 0 Å². The molecule has 21 heavy (non-hydrogen) atoms. The Kier molecular flexibility index (Phi) is 3.73. The highest BCUT2D eigenvalue weighted by Gasteiger charge is 2.40. The molecule has 2 aliphatic rings. The zero-order valence-corrected chi connectivity index (χ0v) is 13.2. The molecule has 0 aliphatic heterocycles. The molecule has 1 aromatic rings. The highest BCUT2D eigenvalue weighted by Crippen LogP contribution is 2.36. The normalized spacial score (nSPS) is 19.3. The van der Waals surface area contributed by atoms with Crippen molar-refractivity contribution in [3.63, 3.8) is 0 Å². The van der Waals surface area contributed by atoms with Gasteiger partial charge < -0.3 is 10.0 Å². The monoisotopic (exact) mass is 308 g/mol. The van der Waals surface area contributed by atoms with E-state index in [-0.39, 0.29) is 11.9 Å². The number of amides is 1. The van der Waals surface area contributed by atoms with Gasteiger partial charge in [0.05, 0.1) is 10.7 Å². The minimum atomic E-state index is -0.948. The molecule has 2 fully saturated rings. The molecule has 6 heteroatoms. The number of rotatable bonds is 6. The number of hydrogen-bond donors (Lipinski definition) is 1. The number of hydrogen-bond acceptors (Lipinski definition) is 4. The molecule has 0 radical (unpaired) electrons. The minimum Gasteiger partial charge on any atom is -0.480 e. The van der Waals surface area contributed by atoms with Crippen LogP contribution in [0.1, 0.15) is 53.0 Å². The Morgan fingerprint density at radius 2 is 2.05 bits per heavy atom. The zero-order valence-electron chi connectivity index (χ0n) is 12.3. The average Bonchev–Trinajstić information content (AvgIpc) is 3.31. The van der Waals surface area contributed by atoms with E-state index in [1.54, 1.807) is 6.92 Å². The Morgan fingerprint density at radius 3 is 2.57 bits per heavy atom. The maximum Gasteiger partial charge on any atom is 0.326 e. The van der Waals surface area contributed by atoms with Crippen molar-refractivity contribution in [1.82, 2.24) is 9.88 Å². The fourth-order valence-electron chi connectivity index (χ4n) is 2.55. The number of carbonyl (C=O) groups is 2. The maximum atomic E-state index is 12.7. The van der Waals surface area contributed by atoms with Crippen LogP contribution in [0.4, 0.5) is 0 Å². The Balaban J connectivity index is 1.81. The van der Waals surface area contributed by atoms with Crippen LogP contribution in [0.25, 0.3) is 0 Å². The smallest absolute Gasteiger partial charge is 0.326 e. The number of carboxylic acids is 1. The van der Waals surface area contributed by atoms with Crippen LogP contribution >= 0.6 is 11.3 Å². The van der Waals surface area contributed by atoms with E-state index in [4.69, 9.17) is 0 Å². The van der Waals surface area contributed by atoms with Gasteiger partial charge in [-0.15, -0.1) is 11.3 Å². The van der Waals surface area contributed by atoms with E-state index in [1.807, 2.05) is 6.92 Å². The van der Waals surface area contributed by atoms with Crippen LogP contribution in [0.15, 0.2) is 0 Å². The topological polar surface area (TPSA) is 70.5 Å². The number of carboxylic acid groups (broad SMARTS) is 1. The second-order valence-corrected chi connectivity index (χ2v) is 7.21. The molecule has 0 bridgehead atoms. The molecule has 1 aromatic heterocycles. The van der Waals surface area contributed by atoms with Gasteiger partial charge >= 0.3 is 5.97 Å². The van der Waals surface area contributed by atoms with Crippen LogP contribution in [0.2, 0.25) is 0 Å². The Bertz CT molecular complexity index is 575. The van der Waals surface area contributed by atoms with Crippen LogP contribution in [0, 0.1) is 12.8 Å². The van der Waals surface area contributed by atoms with Gasteiger partial charge in [0.15, 0.2) is 0 Å². The van der Waals surface area contributed by atoms with Gasteiger partial charge in [-0.3, -0.25) is 4.79 Å². The van der Waals surface area contributed by atoms with Crippen LogP contribution in [0.5, 0.6) is 0 Å². The first-order valence-corrected chi connectivity index (χ1v) is 8.30. The first-order valence-electron chi connectivity index (χ1n) is 7.49. The Labute approximate surface area is 128 Å². The largest absolute Gasteiger partial charge is 0.480 e. The Hall–Kier alpha value is -1.43. The van der Waals surface area contributed by atoms with Crippen molar-refractivity contribution in [3.05, 3.63) is 15.6 Å². The number of thiazole rings is 1. The predicted molar refractivity (Wildman–Crippen MR) is 79.6 cm³/mol. The molecule has 2 aliphatic carbocycles. The predicted octanol–water partition coefficient (Wildman–Crippen LogP) is 2.48. The lowest BCUT2D eigenvalue weighted by Gasteiger charge is -2.26. The van der Waals surface area contributed by atoms with Gasteiger partial charge in [0.25, 0.3) is 5.91 Å². The fraction of sp³-hybridized carbons (Fsp3) is 0.667. The SMILES string of the molecule is Cc1nc(CC2CC2)sc1C(=O)N(C1CC1)C(C)C(=O)O. The van der Waals surface area contributed by atoms with Gasteiger partial charge in [-0.05, 0) is 45.4 Å². The van der Waals surface area contributed by atoms with Crippen molar-refractivity contribution in [3.8, 4) is 0 Å². The molecule has 1 atom stereocenters. The molecule has 0 saturated heterocycles. The van der Waals surface area contributed by atoms with E-state index < -0.39 is 12.0 Å². The molecule has 1 heterocycles. The van der Waals surface area contributed by atoms with Gasteiger partial charge in [-0.1, -0.05) is 0 Å². The van der Waals surface area contributed by atoms with Gasteiger partial charge in [-0.25, -0.2) is 9.78 Å². The summed E-state index contributed by atoms with van der Waals surface area (Å²) < 4.78 is 0. The lowest BCUT2D eigenvalue weighted by atomic mass is 10.2. The highest BCUT2D eigenvalue weighted by atomic mass is 32.1. The second kappa shape index (κ2) is 5.40. The van der Waals surface area contributed by atoms with Crippen LogP contribution in [0.3, 0.4) is 0 Å². The number of aliphatic carboxylic acids is 1. The van der Waals surface area contributed by atoms with Crippen molar-refractivity contribution in [2.24, 2.45) is 5.92 Å². The third-order valence-electron chi connectivity index (χ3n) is 4.14. The molecule has 0 aromatic carbocycles. The van der Waals surface area contributed by atoms with Crippen molar-refractivity contribution >= 4 is 23.2 Å². The lowest BCUT2D eigenvalue weighted by molar-refractivity contribution is -0.141. The third kappa shape index (κ3) is 3.10. The van der Waals surface area contributed by atoms with Gasteiger partial charge in [0, 0.05) is 12.5 Å². The van der Waals surface area contributed by atoms with Crippen molar-refractivity contribution < 1.29 is 14.7 Å². The van der Waals surface area contributed by atoms with Crippen molar-refractivity contribution in [2.75, 3.05) is 0 Å². The molecule has 5 nitrogen and oxygen atoms in total. The molecular formula is C15H20N2O3S. The van der Waals surface area contributed by atoms with Gasteiger partial charge in [0.1, 0.15) is 10.9 Å². The summed E-state index contributed by atoms with van der Waals surface area (Å²) in [5.41, 5.74) is 0.740. The molecule has 0 spiro atoms. The summed E-state index contributed by atoms with van der Waals surface area (Å²) in [6, 6.07) is -0.699. The van der Waals surface area contributed by atoms with Crippen LogP contribution < -0.4 is 0 Å². The molecule has 1 amide bonds. The van der Waals surface area contributed by atoms with E-state index in [1.165, 1.54) is 29.1 Å². The first-order chi connectivity index (χ1) is 9.97. The molecule has 2 saturated carbocycles. The summed E-state index contributed by atoms with van der Waals surface area (Å²) in [5.74, 6) is -0.379. The van der Waals surface area contributed by atoms with E-state index in [2.05, 4.69) is 4.98 Å². The van der Waals surface area contributed by atoms with E-state index >= 15 is 0 Å². The third-order valence-corrected chi connectivity index (χ3v) is 5.31. The maximum absolute atomic E-state index is 12.7. The van der Waals surface area contributed by atoms with E-state index in [0.717, 1.165) is 35.9 Å². The molecule has 1 N–H and O–H groups in total. The quantitative estimate of drug-likeness (QED) is 0.876. The number of aryl methyl sites for hydroxylation is 1. The van der Waals surface area contributed by atoms with Gasteiger partial charge in [0.2, 0.25) is 0 Å². The van der Waals surface area contributed by atoms with E-state index in [9.17, 15) is 14.7 Å². The summed E-state index contributed by atoms with van der Waals surface area (Å²) in [6.07, 6.45) is 5.27. The summed E-state index contributed by atoms with van der Waals surface area (Å²) in [6.45, 7) is 3.43. The zero-order chi connectivity index (χ0) is 15.1. The standard InChI is InChI=1S/C15H20N2O3S/c1-8-13(21-12(16-8)7-10-3-4-10)14(18)17(11-5-6-11)9(2)15(19)20/h9-11H,3-7H2,1-2H3,(H,19,20). The second-order valence-electron chi connectivity index (χ2n) is 6.13. The average molecular weight is 308 g/mol. The summed E-state index contributed by atoms with van der Waals surface area (Å²) in [4.78, 5) is 30.6. The van der Waals surface area contributed by atoms with Crippen LogP contribution in [-0.2, 0) is 11.2 Å².